The Labute approximate surface area is 218 Å². The maximum Gasteiger partial charge on any atom is 0.335 e. The van der Waals surface area contributed by atoms with Crippen LogP contribution in [0.1, 0.15) is 26.5 Å². The summed E-state index contributed by atoms with van der Waals surface area (Å²) in [5.41, 5.74) is 0.299. The minimum Gasteiger partial charge on any atom is -0.478 e. The Morgan fingerprint density at radius 1 is 1.03 bits per heavy atom. The number of rotatable bonds is 8. The van der Waals surface area contributed by atoms with Crippen molar-refractivity contribution in [3.05, 3.63) is 76.4 Å². The van der Waals surface area contributed by atoms with E-state index in [0.29, 0.717) is 17.4 Å². The third-order valence-electron chi connectivity index (χ3n) is 5.14. The Hall–Kier alpha value is -4.29. The van der Waals surface area contributed by atoms with Gasteiger partial charge < -0.3 is 19.9 Å². The lowest BCUT2D eigenvalue weighted by molar-refractivity contribution is -0.127. The fraction of sp³-hybridized carbons (Fsp3) is 0.0800. The predicted molar refractivity (Wildman–Crippen MR) is 138 cm³/mol. The van der Waals surface area contributed by atoms with Crippen LogP contribution < -0.4 is 5.32 Å². The molecule has 1 aromatic heterocycles. The molecule has 2 heterocycles. The summed E-state index contributed by atoms with van der Waals surface area (Å²) < 4.78 is 5.66. The van der Waals surface area contributed by atoms with E-state index < -0.39 is 35.5 Å². The minimum atomic E-state index is -1.30. The van der Waals surface area contributed by atoms with Crippen LogP contribution in [0.3, 0.4) is 0 Å². The summed E-state index contributed by atoms with van der Waals surface area (Å²) in [5.74, 6) is -3.45. The largest absolute Gasteiger partial charge is 0.478 e. The van der Waals surface area contributed by atoms with Gasteiger partial charge in [-0.2, -0.15) is 0 Å². The van der Waals surface area contributed by atoms with Crippen molar-refractivity contribution in [1.82, 2.24) is 4.90 Å². The predicted octanol–water partition coefficient (Wildman–Crippen LogP) is 4.74. The van der Waals surface area contributed by atoms with Crippen molar-refractivity contribution in [3.63, 3.8) is 0 Å². The smallest absolute Gasteiger partial charge is 0.335 e. The topological polar surface area (TPSA) is 154 Å². The molecule has 37 heavy (non-hydrogen) atoms. The molecule has 2 aromatic carbocycles. The highest BCUT2D eigenvalue weighted by atomic mass is 32.2. The molecule has 0 aliphatic carbocycles. The summed E-state index contributed by atoms with van der Waals surface area (Å²) in [7, 11) is 0. The van der Waals surface area contributed by atoms with Crippen LogP contribution in [0.5, 0.6) is 0 Å². The molecule has 0 bridgehead atoms. The van der Waals surface area contributed by atoms with Gasteiger partial charge in [0.05, 0.1) is 16.0 Å². The Kier molecular flexibility index (Phi) is 7.50. The summed E-state index contributed by atoms with van der Waals surface area (Å²) in [4.78, 5) is 62.2. The van der Waals surface area contributed by atoms with Gasteiger partial charge in [-0.05, 0) is 66.5 Å². The fourth-order valence-corrected chi connectivity index (χ4v) is 4.69. The number of nitrogens with one attached hydrogen (secondary N) is 1. The first-order valence-corrected chi connectivity index (χ1v) is 12.6. The molecule has 0 saturated carbocycles. The van der Waals surface area contributed by atoms with Gasteiger partial charge in [0.15, 0.2) is 0 Å². The van der Waals surface area contributed by atoms with Crippen LogP contribution in [0.15, 0.2) is 68.8 Å². The zero-order valence-corrected chi connectivity index (χ0v) is 20.7. The van der Waals surface area contributed by atoms with E-state index in [4.69, 9.17) is 4.42 Å². The second-order valence-corrected chi connectivity index (χ2v) is 9.53. The van der Waals surface area contributed by atoms with Gasteiger partial charge in [-0.15, -0.1) is 11.8 Å². The number of aromatic carboxylic acids is 2. The van der Waals surface area contributed by atoms with Gasteiger partial charge in [0, 0.05) is 22.2 Å². The zero-order valence-electron chi connectivity index (χ0n) is 19.1. The molecule has 3 N–H and O–H groups in total. The van der Waals surface area contributed by atoms with Crippen molar-refractivity contribution in [2.45, 2.75) is 4.90 Å². The third kappa shape index (κ3) is 5.93. The highest BCUT2D eigenvalue weighted by Crippen LogP contribution is 2.33. The fourth-order valence-electron chi connectivity index (χ4n) is 3.41. The van der Waals surface area contributed by atoms with Crippen LogP contribution in [0.4, 0.5) is 10.5 Å². The lowest BCUT2D eigenvalue weighted by Gasteiger charge is -2.12. The lowest BCUT2D eigenvalue weighted by atomic mass is 10.0. The van der Waals surface area contributed by atoms with Crippen molar-refractivity contribution in [2.24, 2.45) is 0 Å². The molecule has 188 valence electrons. The van der Waals surface area contributed by atoms with Crippen molar-refractivity contribution in [3.8, 4) is 11.3 Å². The first kappa shape index (κ1) is 25.8. The molecule has 1 aliphatic rings. The molecular weight excluding hydrogens is 520 g/mol. The van der Waals surface area contributed by atoms with Gasteiger partial charge in [0.1, 0.15) is 18.1 Å². The molecule has 0 spiro atoms. The number of carbonyl (C=O) groups excluding carboxylic acids is 3. The number of benzene rings is 2. The second-order valence-electron chi connectivity index (χ2n) is 7.66. The Morgan fingerprint density at radius 2 is 1.73 bits per heavy atom. The molecule has 1 aliphatic heterocycles. The lowest BCUT2D eigenvalue weighted by Crippen LogP contribution is -2.36. The van der Waals surface area contributed by atoms with Gasteiger partial charge in [0.2, 0.25) is 5.91 Å². The molecule has 1 fully saturated rings. The number of furan rings is 1. The van der Waals surface area contributed by atoms with E-state index in [9.17, 15) is 34.2 Å². The Balaban J connectivity index is 1.50. The summed E-state index contributed by atoms with van der Waals surface area (Å²) in [6.45, 7) is -0.463. The van der Waals surface area contributed by atoms with Crippen LogP contribution in [-0.4, -0.2) is 56.9 Å². The van der Waals surface area contributed by atoms with E-state index in [0.717, 1.165) is 15.9 Å². The van der Waals surface area contributed by atoms with Crippen LogP contribution in [0.25, 0.3) is 17.4 Å². The summed E-state index contributed by atoms with van der Waals surface area (Å²) in [6.07, 6.45) is 3.23. The quantitative estimate of drug-likeness (QED) is 0.271. The first-order chi connectivity index (χ1) is 17.6. The number of nitrogens with zero attached hydrogens (tertiary/aromatic N) is 1. The normalized spacial score (nSPS) is 14.3. The van der Waals surface area contributed by atoms with E-state index in [1.807, 2.05) is 12.3 Å². The van der Waals surface area contributed by atoms with Crippen LogP contribution in [-0.2, 0) is 9.59 Å². The van der Waals surface area contributed by atoms with E-state index in [1.165, 1.54) is 42.1 Å². The standard InChI is InChI=1S/C25H18N2O8S2/c1-36-18-4-2-3-16(10-18)26-21(28)12-27-22(29)20(37-25(27)34)11-17-5-6-19(35-17)13-7-14(23(30)31)9-15(8-13)24(32)33/h2-11H,12H2,1H3,(H,26,28)(H,30,31)(H,32,33)/b20-11+. The van der Waals surface area contributed by atoms with E-state index in [2.05, 4.69) is 5.32 Å². The van der Waals surface area contributed by atoms with Crippen molar-refractivity contribution in [2.75, 3.05) is 18.1 Å². The molecule has 10 nitrogen and oxygen atoms in total. The number of carboxylic acid groups (broad SMARTS) is 2. The Bertz CT molecular complexity index is 1440. The molecule has 3 amide bonds. The molecule has 3 aromatic rings. The monoisotopic (exact) mass is 538 g/mol. The molecule has 0 radical (unpaired) electrons. The number of thioether (sulfide) groups is 2. The average Bonchev–Trinajstić information content (AvgIpc) is 3.44. The summed E-state index contributed by atoms with van der Waals surface area (Å²) in [6, 6.07) is 13.7. The van der Waals surface area contributed by atoms with Gasteiger partial charge in [-0.1, -0.05) is 6.07 Å². The number of anilines is 1. The van der Waals surface area contributed by atoms with Crippen molar-refractivity contribution < 1.29 is 38.6 Å². The molecular formula is C25H18N2O8S2. The summed E-state index contributed by atoms with van der Waals surface area (Å²) in [5, 5.41) is 20.6. The third-order valence-corrected chi connectivity index (χ3v) is 6.77. The van der Waals surface area contributed by atoms with Crippen LogP contribution >= 0.6 is 23.5 Å². The van der Waals surface area contributed by atoms with Crippen LogP contribution in [0.2, 0.25) is 0 Å². The summed E-state index contributed by atoms with van der Waals surface area (Å²) >= 11 is 2.16. The van der Waals surface area contributed by atoms with E-state index >= 15 is 0 Å². The average molecular weight is 539 g/mol. The molecule has 0 unspecified atom stereocenters. The Morgan fingerprint density at radius 3 is 2.38 bits per heavy atom. The van der Waals surface area contributed by atoms with Crippen molar-refractivity contribution in [1.29, 1.82) is 0 Å². The molecule has 4 rings (SSSR count). The van der Waals surface area contributed by atoms with E-state index in [-0.39, 0.29) is 33.1 Å². The van der Waals surface area contributed by atoms with Crippen LogP contribution in [0, 0.1) is 0 Å². The number of amides is 3. The minimum absolute atomic E-state index is 0.0357. The van der Waals surface area contributed by atoms with Gasteiger partial charge in [-0.25, -0.2) is 9.59 Å². The zero-order chi connectivity index (χ0) is 26.7. The molecule has 12 heteroatoms. The number of hydrogen-bond donors (Lipinski definition) is 3. The van der Waals surface area contributed by atoms with Gasteiger partial charge in [0.25, 0.3) is 11.1 Å². The maximum absolute atomic E-state index is 12.8. The molecule has 0 atom stereocenters. The maximum atomic E-state index is 12.8. The van der Waals surface area contributed by atoms with Gasteiger partial charge >= 0.3 is 11.9 Å². The molecule has 1 saturated heterocycles. The first-order valence-electron chi connectivity index (χ1n) is 10.6. The number of carbonyl (C=O) groups is 5. The SMILES string of the molecule is CSc1cccc(NC(=O)CN2C(=O)S/C(=C/c3ccc(-c4cc(C(=O)O)cc(C(=O)O)c4)o3)C2=O)c1. The highest BCUT2D eigenvalue weighted by Gasteiger charge is 2.36. The van der Waals surface area contributed by atoms with Gasteiger partial charge in [-0.3, -0.25) is 19.3 Å². The highest BCUT2D eigenvalue weighted by molar-refractivity contribution is 8.18. The van der Waals surface area contributed by atoms with Crippen molar-refractivity contribution >= 4 is 64.3 Å². The number of hydrogen-bond acceptors (Lipinski definition) is 8. The number of imide groups is 1. The second kappa shape index (κ2) is 10.8. The van der Waals surface area contributed by atoms with E-state index in [1.54, 1.807) is 18.2 Å². The number of carboxylic acids is 2.